The fourth-order valence-corrected chi connectivity index (χ4v) is 0.163. The molecule has 0 aromatic rings. The van der Waals surface area contributed by atoms with Crippen LogP contribution in [-0.2, 0) is 0 Å². The van der Waals surface area contributed by atoms with Crippen molar-refractivity contribution in [1.29, 1.82) is 5.26 Å². The molecule has 0 aromatic heterocycles. The van der Waals surface area contributed by atoms with Gasteiger partial charge in [-0.3, -0.25) is 0 Å². The van der Waals surface area contributed by atoms with Crippen LogP contribution in [0.2, 0.25) is 0 Å². The molecule has 0 aliphatic rings. The Morgan fingerprint density at radius 2 is 2.57 bits per heavy atom. The van der Waals surface area contributed by atoms with Gasteiger partial charge < -0.3 is 1.43 Å². The van der Waals surface area contributed by atoms with E-state index in [4.69, 9.17) is 5.26 Å². The number of thiol groups is 1. The summed E-state index contributed by atoms with van der Waals surface area (Å²) >= 11 is 3.75. The molecule has 0 aromatic carbocycles. The van der Waals surface area contributed by atoms with Gasteiger partial charge in [-0.25, -0.2) is 0 Å². The van der Waals surface area contributed by atoms with E-state index < -0.39 is 0 Å². The maximum absolute atomic E-state index is 7.72. The summed E-state index contributed by atoms with van der Waals surface area (Å²) in [6, 6.07) is 0. The summed E-state index contributed by atoms with van der Waals surface area (Å²) < 4.78 is 0. The summed E-state index contributed by atoms with van der Waals surface area (Å²) in [4.78, 5) is 3.19. The van der Waals surface area contributed by atoms with Crippen LogP contribution in [0.3, 0.4) is 0 Å². The zero-order chi connectivity index (χ0) is 4.83. The Morgan fingerprint density at radius 1 is 2.00 bits per heavy atom. The second-order valence-electron chi connectivity index (χ2n) is 0.594. The molecule has 4 heteroatoms. The summed E-state index contributed by atoms with van der Waals surface area (Å²) in [7, 11) is 0. The molecule has 0 saturated carbocycles. The van der Waals surface area contributed by atoms with Crippen molar-refractivity contribution in [2.24, 2.45) is 4.99 Å². The van der Waals surface area contributed by atoms with E-state index in [9.17, 15) is 0 Å². The van der Waals surface area contributed by atoms with Crippen molar-refractivity contribution in [2.45, 2.75) is 0 Å². The molecule has 0 amide bonds. The third-order valence-electron chi connectivity index (χ3n) is 0.231. The Kier molecular flexibility index (Phi) is 16.0. The fourth-order valence-electron chi connectivity index (χ4n) is 0.0816. The smallest absolute Gasteiger partial charge is 1.00 e. The third kappa shape index (κ3) is 11.0. The number of hydrogen-bond acceptors (Lipinski definition) is 3. The molecule has 0 N–H and O–H groups in total. The van der Waals surface area contributed by atoms with Crippen LogP contribution in [0, 0.1) is 11.5 Å². The maximum Gasteiger partial charge on any atom is 1.00 e. The largest absolute Gasteiger partial charge is 1.00 e. The van der Waals surface area contributed by atoms with Gasteiger partial charge in [0.2, 0.25) is 6.19 Å². The normalized spacial score (nSPS) is 7.43. The Bertz CT molecular complexity index is 89.8. The van der Waals surface area contributed by atoms with Crippen LogP contribution in [0.4, 0.5) is 0 Å². The zero-order valence-electron chi connectivity index (χ0n) is 5.13. The Balaban J connectivity index is -0.000000125. The van der Waals surface area contributed by atoms with E-state index in [2.05, 4.69) is 17.6 Å². The number of aliphatic imine (C=N–C) groups is 1. The number of rotatable bonds is 1. The van der Waals surface area contributed by atoms with Crippen molar-refractivity contribution in [3.63, 3.8) is 0 Å². The first-order valence-corrected chi connectivity index (χ1v) is 2.06. The monoisotopic (exact) mass is 140 g/mol. The molecule has 0 radical (unpaired) electrons. The maximum atomic E-state index is 7.72. The third-order valence-corrected chi connectivity index (χ3v) is 0.394. The molecule has 0 aliphatic carbocycles. The van der Waals surface area contributed by atoms with Crippen molar-refractivity contribution in [3.05, 3.63) is 0 Å². The first-order chi connectivity index (χ1) is 2.91. The molecular weight excluding hydrogens is 135 g/mol. The molecule has 2 nitrogen and oxygen atoms in total. The Morgan fingerprint density at radius 3 is 2.71 bits per heavy atom. The van der Waals surface area contributed by atoms with Gasteiger partial charge in [0, 0.05) is 12.0 Å². The first-order valence-electron chi connectivity index (χ1n) is 1.43. The van der Waals surface area contributed by atoms with Crippen LogP contribution in [0.15, 0.2) is 4.99 Å². The summed E-state index contributed by atoms with van der Waals surface area (Å²) in [5.74, 6) is 0.535. The van der Waals surface area contributed by atoms with Gasteiger partial charge in [-0.2, -0.15) is 22.9 Å². The van der Waals surface area contributed by atoms with Crippen molar-refractivity contribution in [3.8, 4) is 6.19 Å². The van der Waals surface area contributed by atoms with Crippen molar-refractivity contribution >= 4 is 18.8 Å². The van der Waals surface area contributed by atoms with E-state index in [1.54, 1.807) is 6.19 Å². The quantitative estimate of drug-likeness (QED) is 0.187. The van der Waals surface area contributed by atoms with E-state index >= 15 is 0 Å². The molecule has 0 spiro atoms. The van der Waals surface area contributed by atoms with Gasteiger partial charge in [0.05, 0.1) is 0 Å². The second-order valence-corrected chi connectivity index (χ2v) is 0.959. The molecule has 34 valence electrons. The Hall–Kier alpha value is 1.15. The van der Waals surface area contributed by atoms with Crippen LogP contribution >= 0.6 is 12.6 Å². The van der Waals surface area contributed by atoms with Gasteiger partial charge >= 0.3 is 51.4 Å². The average molecular weight is 140 g/mol. The molecule has 0 unspecified atom stereocenters. The molecule has 0 aliphatic heterocycles. The van der Waals surface area contributed by atoms with E-state index in [-0.39, 0.29) is 52.8 Å². The minimum absolute atomic E-state index is 0. The van der Waals surface area contributed by atoms with Crippen LogP contribution < -0.4 is 51.4 Å². The Labute approximate surface area is 92.3 Å². The van der Waals surface area contributed by atoms with Crippen LogP contribution in [0.1, 0.15) is 1.43 Å². The van der Waals surface area contributed by atoms with Crippen LogP contribution in [-0.4, -0.2) is 12.0 Å². The van der Waals surface area contributed by atoms with Crippen LogP contribution in [0.5, 0.6) is 0 Å². The van der Waals surface area contributed by atoms with Crippen LogP contribution in [0.25, 0.3) is 0 Å². The van der Waals surface area contributed by atoms with Gasteiger partial charge in [-0.05, 0) is 0 Å². The topological polar surface area (TPSA) is 36.1 Å². The minimum Gasteiger partial charge on any atom is -1.00 e. The molecular formula is C3H5KN2S. The van der Waals surface area contributed by atoms with Gasteiger partial charge in [0.25, 0.3) is 0 Å². The van der Waals surface area contributed by atoms with Crippen molar-refractivity contribution in [1.82, 2.24) is 0 Å². The summed E-state index contributed by atoms with van der Waals surface area (Å²) in [6.45, 7) is 0. The fraction of sp³-hybridized carbons (Fsp3) is 0.333. The second kappa shape index (κ2) is 10.2. The molecule has 0 saturated heterocycles. The molecule has 0 atom stereocenters. The summed E-state index contributed by atoms with van der Waals surface area (Å²) in [6.07, 6.45) is 3.02. The predicted molar refractivity (Wildman–Crippen MR) is 29.1 cm³/mol. The van der Waals surface area contributed by atoms with Crippen molar-refractivity contribution < 1.29 is 52.8 Å². The van der Waals surface area contributed by atoms with E-state index in [1.807, 2.05) is 0 Å². The molecule has 0 bridgehead atoms. The first kappa shape index (κ1) is 11.0. The average Bonchev–Trinajstić information content (AvgIpc) is 1.61. The van der Waals surface area contributed by atoms with E-state index in [0.29, 0.717) is 5.75 Å². The minimum atomic E-state index is 0. The zero-order valence-corrected chi connectivity index (χ0v) is 8.14. The molecule has 0 rings (SSSR count). The van der Waals surface area contributed by atoms with Gasteiger partial charge in [0.1, 0.15) is 0 Å². The van der Waals surface area contributed by atoms with Gasteiger partial charge in [-0.1, -0.05) is 0 Å². The van der Waals surface area contributed by atoms with E-state index in [1.165, 1.54) is 6.21 Å². The number of hydrogen-bond donors (Lipinski definition) is 1. The van der Waals surface area contributed by atoms with Gasteiger partial charge in [-0.15, -0.1) is 0 Å². The van der Waals surface area contributed by atoms with Crippen molar-refractivity contribution in [2.75, 3.05) is 5.75 Å². The summed E-state index contributed by atoms with van der Waals surface area (Å²) in [5, 5.41) is 7.72. The van der Waals surface area contributed by atoms with E-state index in [0.717, 1.165) is 0 Å². The standard InChI is InChI=1S/C3H4N2S.K.H/c4-3-5-1-2-6;;/h1,6H,2H2;;/q;+1;-1. The predicted octanol–water partition coefficient (Wildman–Crippen LogP) is -2.42. The number of nitriles is 1. The summed E-state index contributed by atoms with van der Waals surface area (Å²) in [5.41, 5.74) is 0. The SMILES string of the molecule is N#CN=CCS.[H-].[K+]. The van der Waals surface area contributed by atoms with Gasteiger partial charge in [0.15, 0.2) is 0 Å². The molecule has 0 heterocycles. The number of nitrogens with zero attached hydrogens (tertiary/aromatic N) is 2. The molecule has 0 fully saturated rings. The molecule has 7 heavy (non-hydrogen) atoms.